The number of ketones is 2. The number of hydrogen-bond acceptors (Lipinski definition) is 5. The van der Waals surface area contributed by atoms with E-state index in [1.54, 1.807) is 18.2 Å². The molecule has 2 rings (SSSR count). The Labute approximate surface area is 134 Å². The average molecular weight is 335 g/mol. The number of nitrogens with zero attached hydrogens (tertiary/aromatic N) is 1. The number of carbonyl (C=O) groups is 2. The lowest BCUT2D eigenvalue weighted by molar-refractivity contribution is -0.116. The number of ether oxygens (including phenoxy) is 1. The molecule has 0 saturated carbocycles. The highest BCUT2D eigenvalue weighted by molar-refractivity contribution is 7.90. The third-order valence-electron chi connectivity index (χ3n) is 3.29. The fraction of sp³-hybridized carbons (Fsp3) is 0.250. The van der Waals surface area contributed by atoms with Crippen LogP contribution in [0.1, 0.15) is 30.3 Å². The molecule has 0 aliphatic rings. The Balaban J connectivity index is 2.48. The van der Waals surface area contributed by atoms with Crippen molar-refractivity contribution in [3.8, 4) is 5.75 Å². The van der Waals surface area contributed by atoms with Crippen LogP contribution in [-0.4, -0.2) is 31.1 Å². The molecule has 1 aromatic heterocycles. The summed E-state index contributed by atoms with van der Waals surface area (Å²) in [5, 5.41) is 0. The summed E-state index contributed by atoms with van der Waals surface area (Å²) in [4.78, 5) is 23.4. The monoisotopic (exact) mass is 335 g/mol. The summed E-state index contributed by atoms with van der Waals surface area (Å²) in [6.45, 7) is 1.38. The molecular weight excluding hydrogens is 318 g/mol. The van der Waals surface area contributed by atoms with Gasteiger partial charge in [0, 0.05) is 18.9 Å². The fourth-order valence-corrected chi connectivity index (χ4v) is 3.44. The summed E-state index contributed by atoms with van der Waals surface area (Å²) < 4.78 is 31.4. The van der Waals surface area contributed by atoms with Crippen LogP contribution in [0.5, 0.6) is 5.75 Å². The summed E-state index contributed by atoms with van der Waals surface area (Å²) in [7, 11) is -2.52. The summed E-state index contributed by atoms with van der Waals surface area (Å²) >= 11 is 0. The van der Waals surface area contributed by atoms with Crippen molar-refractivity contribution in [3.63, 3.8) is 0 Å². The van der Waals surface area contributed by atoms with Crippen LogP contribution in [0.3, 0.4) is 0 Å². The Morgan fingerprint density at radius 1 is 1.13 bits per heavy atom. The average Bonchev–Trinajstić information content (AvgIpc) is 2.98. The van der Waals surface area contributed by atoms with Crippen LogP contribution in [0.25, 0.3) is 0 Å². The van der Waals surface area contributed by atoms with Crippen molar-refractivity contribution in [1.29, 1.82) is 0 Å². The zero-order valence-electron chi connectivity index (χ0n) is 12.9. The van der Waals surface area contributed by atoms with Crippen molar-refractivity contribution in [3.05, 3.63) is 48.3 Å². The second-order valence-electron chi connectivity index (χ2n) is 5.00. The second kappa shape index (κ2) is 6.78. The molecule has 0 radical (unpaired) electrons. The first-order valence-corrected chi connectivity index (χ1v) is 8.40. The van der Waals surface area contributed by atoms with Gasteiger partial charge in [0.05, 0.1) is 18.2 Å². The minimum Gasteiger partial charge on any atom is -0.495 e. The highest BCUT2D eigenvalue weighted by Crippen LogP contribution is 2.24. The maximum atomic E-state index is 12.7. The highest BCUT2D eigenvalue weighted by atomic mass is 32.2. The van der Waals surface area contributed by atoms with Gasteiger partial charge in [-0.3, -0.25) is 4.79 Å². The van der Waals surface area contributed by atoms with Gasteiger partial charge in [-0.15, -0.1) is 0 Å². The van der Waals surface area contributed by atoms with Crippen LogP contribution in [-0.2, 0) is 14.8 Å². The highest BCUT2D eigenvalue weighted by Gasteiger charge is 2.24. The van der Waals surface area contributed by atoms with Crippen LogP contribution < -0.4 is 4.74 Å². The third-order valence-corrected chi connectivity index (χ3v) is 4.97. The number of carbonyl (C=O) groups excluding carboxylic acids is 2. The number of rotatable bonds is 7. The molecule has 23 heavy (non-hydrogen) atoms. The van der Waals surface area contributed by atoms with Gasteiger partial charge >= 0.3 is 0 Å². The summed E-state index contributed by atoms with van der Waals surface area (Å²) in [6, 6.07) is 9.17. The SMILES string of the molecule is COc1cc(C(=O)CCC(C)=O)n(S(=O)(=O)c2ccccc2)c1. The van der Waals surface area contributed by atoms with E-state index in [0.717, 1.165) is 3.97 Å². The van der Waals surface area contributed by atoms with Crippen molar-refractivity contribution < 1.29 is 22.7 Å². The lowest BCUT2D eigenvalue weighted by Crippen LogP contribution is -2.18. The Bertz CT molecular complexity index is 821. The lowest BCUT2D eigenvalue weighted by atomic mass is 10.1. The maximum Gasteiger partial charge on any atom is 0.268 e. The molecule has 6 nitrogen and oxygen atoms in total. The Morgan fingerprint density at radius 3 is 2.35 bits per heavy atom. The van der Waals surface area contributed by atoms with Crippen molar-refractivity contribution >= 4 is 21.6 Å². The van der Waals surface area contributed by atoms with Gasteiger partial charge in [0.1, 0.15) is 17.2 Å². The molecule has 0 fully saturated rings. The van der Waals surface area contributed by atoms with Gasteiger partial charge < -0.3 is 9.53 Å². The first kappa shape index (κ1) is 17.0. The number of benzene rings is 1. The smallest absolute Gasteiger partial charge is 0.268 e. The molecule has 0 saturated heterocycles. The maximum absolute atomic E-state index is 12.7. The van der Waals surface area contributed by atoms with E-state index in [0.29, 0.717) is 0 Å². The third kappa shape index (κ3) is 3.68. The summed E-state index contributed by atoms with van der Waals surface area (Å²) in [5.41, 5.74) is -0.0213. The molecule has 1 heterocycles. The summed E-state index contributed by atoms with van der Waals surface area (Å²) in [6.07, 6.45) is 1.27. The zero-order valence-corrected chi connectivity index (χ0v) is 13.7. The van der Waals surface area contributed by atoms with Crippen molar-refractivity contribution in [2.75, 3.05) is 7.11 Å². The molecule has 122 valence electrons. The molecule has 0 aliphatic heterocycles. The minimum atomic E-state index is -3.91. The molecule has 0 amide bonds. The van der Waals surface area contributed by atoms with Crippen LogP contribution in [0.4, 0.5) is 0 Å². The predicted octanol–water partition coefficient (Wildman–Crippen LogP) is 2.29. The van der Waals surface area contributed by atoms with E-state index in [1.807, 2.05) is 0 Å². The molecule has 0 spiro atoms. The van der Waals surface area contributed by atoms with E-state index >= 15 is 0 Å². The first-order chi connectivity index (χ1) is 10.9. The molecule has 0 atom stereocenters. The van der Waals surface area contributed by atoms with Gasteiger partial charge in [0.25, 0.3) is 10.0 Å². The zero-order chi connectivity index (χ0) is 17.0. The molecule has 2 aromatic rings. The van der Waals surface area contributed by atoms with E-state index in [9.17, 15) is 18.0 Å². The second-order valence-corrected chi connectivity index (χ2v) is 6.82. The van der Waals surface area contributed by atoms with E-state index in [2.05, 4.69) is 0 Å². The Morgan fingerprint density at radius 2 is 1.78 bits per heavy atom. The van der Waals surface area contributed by atoms with Gasteiger partial charge in [-0.2, -0.15) is 0 Å². The standard InChI is InChI=1S/C16H17NO5S/c1-12(18)8-9-16(19)15-10-13(22-2)11-17(15)23(20,21)14-6-4-3-5-7-14/h3-7,10-11H,8-9H2,1-2H3. The number of Topliss-reactive ketones (excluding diaryl/α,β-unsaturated/α-hetero) is 2. The summed E-state index contributed by atoms with van der Waals surface area (Å²) in [5.74, 6) is -0.298. The van der Waals surface area contributed by atoms with Crippen LogP contribution in [0.2, 0.25) is 0 Å². The Hall–Kier alpha value is -2.41. The fourth-order valence-electron chi connectivity index (χ4n) is 2.06. The quantitative estimate of drug-likeness (QED) is 0.725. The minimum absolute atomic E-state index is 0.0213. The van der Waals surface area contributed by atoms with Crippen LogP contribution in [0, 0.1) is 0 Å². The largest absolute Gasteiger partial charge is 0.495 e. The molecule has 0 N–H and O–H groups in total. The van der Waals surface area contributed by atoms with Gasteiger partial charge in [-0.05, 0) is 19.1 Å². The topological polar surface area (TPSA) is 82.4 Å². The predicted molar refractivity (Wildman–Crippen MR) is 84.3 cm³/mol. The molecule has 0 unspecified atom stereocenters. The molecular formula is C16H17NO5S. The number of hydrogen-bond donors (Lipinski definition) is 0. The normalized spacial score (nSPS) is 11.2. The van der Waals surface area contributed by atoms with E-state index in [1.165, 1.54) is 38.4 Å². The first-order valence-electron chi connectivity index (χ1n) is 6.96. The van der Waals surface area contributed by atoms with Gasteiger partial charge in [-0.1, -0.05) is 18.2 Å². The van der Waals surface area contributed by atoms with Crippen molar-refractivity contribution in [1.82, 2.24) is 3.97 Å². The van der Waals surface area contributed by atoms with E-state index < -0.39 is 15.8 Å². The number of aromatic nitrogens is 1. The Kier molecular flexibility index (Phi) is 5.00. The lowest BCUT2D eigenvalue weighted by Gasteiger charge is -2.09. The molecule has 7 heteroatoms. The molecule has 0 bridgehead atoms. The van der Waals surface area contributed by atoms with Gasteiger partial charge in [-0.25, -0.2) is 12.4 Å². The van der Waals surface area contributed by atoms with Crippen LogP contribution in [0.15, 0.2) is 47.5 Å². The van der Waals surface area contributed by atoms with E-state index in [-0.39, 0.29) is 35.0 Å². The van der Waals surface area contributed by atoms with Crippen molar-refractivity contribution in [2.24, 2.45) is 0 Å². The van der Waals surface area contributed by atoms with Crippen LogP contribution >= 0.6 is 0 Å². The van der Waals surface area contributed by atoms with E-state index in [4.69, 9.17) is 4.74 Å². The van der Waals surface area contributed by atoms with Gasteiger partial charge in [0.15, 0.2) is 5.78 Å². The molecule has 0 aliphatic carbocycles. The molecule has 1 aromatic carbocycles. The number of methoxy groups -OCH3 is 1. The van der Waals surface area contributed by atoms with Gasteiger partial charge in [0.2, 0.25) is 0 Å². The van der Waals surface area contributed by atoms with Crippen molar-refractivity contribution in [2.45, 2.75) is 24.7 Å².